The quantitative estimate of drug-likeness (QED) is 0.485. The number of aromatic amines is 1. The first-order valence-corrected chi connectivity index (χ1v) is 11.9. The second kappa shape index (κ2) is 7.45. The molecule has 0 amide bonds. The highest BCUT2D eigenvalue weighted by molar-refractivity contribution is 7.92. The molecular weight excluding hydrogens is 426 g/mol. The molecule has 9 heteroatoms. The van der Waals surface area contributed by atoms with Crippen molar-refractivity contribution >= 4 is 44.0 Å². The van der Waals surface area contributed by atoms with Crippen LogP contribution in [0.4, 0.5) is 17.3 Å². The Morgan fingerprint density at radius 3 is 2.66 bits per heavy atom. The van der Waals surface area contributed by atoms with Gasteiger partial charge in [-0.3, -0.25) is 9.10 Å². The van der Waals surface area contributed by atoms with Gasteiger partial charge in [0.1, 0.15) is 5.78 Å². The lowest BCUT2D eigenvalue weighted by atomic mass is 10.1. The van der Waals surface area contributed by atoms with Gasteiger partial charge in [0.25, 0.3) is 0 Å². The summed E-state index contributed by atoms with van der Waals surface area (Å²) in [7, 11) is -1.98. The van der Waals surface area contributed by atoms with Crippen LogP contribution in [0.5, 0.6) is 0 Å². The Morgan fingerprint density at radius 2 is 1.84 bits per heavy atom. The van der Waals surface area contributed by atoms with Crippen molar-refractivity contribution in [1.29, 1.82) is 0 Å². The number of anilines is 3. The lowest BCUT2D eigenvalue weighted by Crippen LogP contribution is -2.26. The van der Waals surface area contributed by atoms with E-state index in [-0.39, 0.29) is 5.78 Å². The summed E-state index contributed by atoms with van der Waals surface area (Å²) in [6.45, 7) is 0. The number of fused-ring (bicyclic) bond motifs is 2. The number of sulfonamides is 1. The Kier molecular flexibility index (Phi) is 4.70. The second-order valence-corrected chi connectivity index (χ2v) is 9.93. The van der Waals surface area contributed by atoms with Crippen LogP contribution in [0.1, 0.15) is 11.1 Å². The van der Waals surface area contributed by atoms with Gasteiger partial charge in [0, 0.05) is 48.9 Å². The minimum atomic E-state index is -3.47. The first-order chi connectivity index (χ1) is 15.3. The van der Waals surface area contributed by atoms with Gasteiger partial charge < -0.3 is 10.3 Å². The van der Waals surface area contributed by atoms with Crippen molar-refractivity contribution in [2.75, 3.05) is 22.9 Å². The average Bonchev–Trinajstić information content (AvgIpc) is 3.35. The maximum absolute atomic E-state index is 12.1. The molecule has 0 fully saturated rings. The normalized spacial score (nSPS) is 13.4. The van der Waals surface area contributed by atoms with Crippen molar-refractivity contribution in [2.24, 2.45) is 0 Å². The lowest BCUT2D eigenvalue weighted by molar-refractivity contribution is -0.117. The highest BCUT2D eigenvalue weighted by atomic mass is 32.2. The molecule has 162 valence electrons. The molecule has 0 saturated heterocycles. The SMILES string of the molecule is CN(c1ncccc1-c1cc2ccnc(Nc3ccc4c(c3)CC(=O)C4)c2[nH]1)S(C)(=O)=O. The van der Waals surface area contributed by atoms with Crippen LogP contribution >= 0.6 is 0 Å². The molecule has 0 radical (unpaired) electrons. The number of benzene rings is 1. The fourth-order valence-electron chi connectivity index (χ4n) is 3.97. The standard InChI is InChI=1S/C23H21N5O3S/c1-28(32(2,30)31)23-19(4-3-8-25-23)20-13-15-7-9-24-22(21(15)27-20)26-17-6-5-14-11-18(29)12-16(14)10-17/h3-10,13,27H,11-12H2,1-2H3,(H,24,26). The van der Waals surface area contributed by atoms with Crippen LogP contribution in [0, 0.1) is 0 Å². The molecule has 1 aromatic carbocycles. The molecule has 5 rings (SSSR count). The predicted molar refractivity (Wildman–Crippen MR) is 125 cm³/mol. The fourth-order valence-corrected chi connectivity index (χ4v) is 4.43. The summed E-state index contributed by atoms with van der Waals surface area (Å²) < 4.78 is 25.3. The number of hydrogen-bond donors (Lipinski definition) is 2. The van der Waals surface area contributed by atoms with Gasteiger partial charge in [-0.05, 0) is 47.5 Å². The van der Waals surface area contributed by atoms with Crippen LogP contribution < -0.4 is 9.62 Å². The Hall–Kier alpha value is -3.72. The van der Waals surface area contributed by atoms with Gasteiger partial charge in [0.2, 0.25) is 10.0 Å². The number of hydrogen-bond acceptors (Lipinski definition) is 6. The number of carbonyl (C=O) groups excluding carboxylic acids is 1. The molecule has 0 unspecified atom stereocenters. The summed E-state index contributed by atoms with van der Waals surface area (Å²) in [5.41, 5.74) is 5.16. The van der Waals surface area contributed by atoms with Gasteiger partial charge in [-0.25, -0.2) is 18.4 Å². The third kappa shape index (κ3) is 3.60. The van der Waals surface area contributed by atoms with Gasteiger partial charge in [0.15, 0.2) is 11.6 Å². The van der Waals surface area contributed by atoms with Crippen molar-refractivity contribution in [3.05, 3.63) is 66.0 Å². The first kappa shape index (κ1) is 20.2. The number of aromatic nitrogens is 3. The van der Waals surface area contributed by atoms with E-state index in [1.54, 1.807) is 18.5 Å². The average molecular weight is 448 g/mol. The van der Waals surface area contributed by atoms with Crippen LogP contribution in [0.3, 0.4) is 0 Å². The number of ketones is 1. The first-order valence-electron chi connectivity index (χ1n) is 10.1. The molecule has 32 heavy (non-hydrogen) atoms. The number of pyridine rings is 2. The summed E-state index contributed by atoms with van der Waals surface area (Å²) in [6, 6.07) is 13.3. The monoisotopic (exact) mass is 447 g/mol. The molecule has 4 aromatic rings. The zero-order chi connectivity index (χ0) is 22.5. The second-order valence-electron chi connectivity index (χ2n) is 7.91. The van der Waals surface area contributed by atoms with E-state index in [4.69, 9.17) is 0 Å². The van der Waals surface area contributed by atoms with Crippen LogP contribution in [0.25, 0.3) is 22.2 Å². The van der Waals surface area contributed by atoms with Gasteiger partial charge >= 0.3 is 0 Å². The van der Waals surface area contributed by atoms with Crippen molar-refractivity contribution in [1.82, 2.24) is 15.0 Å². The van der Waals surface area contributed by atoms with E-state index >= 15 is 0 Å². The molecule has 3 heterocycles. The van der Waals surface area contributed by atoms with Crippen molar-refractivity contribution < 1.29 is 13.2 Å². The van der Waals surface area contributed by atoms with E-state index < -0.39 is 10.0 Å². The van der Waals surface area contributed by atoms with Gasteiger partial charge in [-0.15, -0.1) is 0 Å². The summed E-state index contributed by atoms with van der Waals surface area (Å²) in [5, 5.41) is 4.26. The zero-order valence-corrected chi connectivity index (χ0v) is 18.4. The topological polar surface area (TPSA) is 108 Å². The smallest absolute Gasteiger partial charge is 0.233 e. The molecule has 1 aliphatic rings. The number of H-pyrrole nitrogens is 1. The molecule has 0 aliphatic heterocycles. The minimum Gasteiger partial charge on any atom is -0.351 e. The Balaban J connectivity index is 1.54. The molecular formula is C23H21N5O3S. The highest BCUT2D eigenvalue weighted by Gasteiger charge is 2.20. The maximum atomic E-state index is 12.1. The number of carbonyl (C=O) groups is 1. The van der Waals surface area contributed by atoms with E-state index in [0.717, 1.165) is 44.0 Å². The van der Waals surface area contributed by atoms with Crippen LogP contribution in [-0.4, -0.2) is 42.5 Å². The van der Waals surface area contributed by atoms with E-state index in [1.807, 2.05) is 36.4 Å². The molecule has 3 aromatic heterocycles. The molecule has 0 spiro atoms. The summed E-state index contributed by atoms with van der Waals surface area (Å²) in [6.07, 6.45) is 5.39. The van der Waals surface area contributed by atoms with Gasteiger partial charge in [-0.2, -0.15) is 0 Å². The van der Waals surface area contributed by atoms with Crippen molar-refractivity contribution in [3.63, 3.8) is 0 Å². The molecule has 8 nitrogen and oxygen atoms in total. The molecule has 0 saturated carbocycles. The van der Waals surface area contributed by atoms with E-state index in [2.05, 4.69) is 20.3 Å². The third-order valence-corrected chi connectivity index (χ3v) is 6.83. The van der Waals surface area contributed by atoms with Gasteiger partial charge in [-0.1, -0.05) is 6.07 Å². The number of rotatable bonds is 5. The third-order valence-electron chi connectivity index (χ3n) is 5.66. The summed E-state index contributed by atoms with van der Waals surface area (Å²) >= 11 is 0. The largest absolute Gasteiger partial charge is 0.351 e. The number of nitrogens with one attached hydrogen (secondary N) is 2. The Morgan fingerprint density at radius 1 is 1.03 bits per heavy atom. The summed E-state index contributed by atoms with van der Waals surface area (Å²) in [5.74, 6) is 1.21. The summed E-state index contributed by atoms with van der Waals surface area (Å²) in [4.78, 5) is 23.9. The Labute approximate surface area is 185 Å². The number of nitrogens with zero attached hydrogens (tertiary/aromatic N) is 3. The van der Waals surface area contributed by atoms with Crippen LogP contribution in [0.2, 0.25) is 0 Å². The fraction of sp³-hybridized carbons (Fsp3) is 0.174. The van der Waals surface area contributed by atoms with E-state index in [1.165, 1.54) is 7.05 Å². The number of Topliss-reactive ketones (excluding diaryl/α,β-unsaturated/α-hetero) is 1. The maximum Gasteiger partial charge on any atom is 0.233 e. The van der Waals surface area contributed by atoms with Gasteiger partial charge in [0.05, 0.1) is 17.5 Å². The molecule has 0 atom stereocenters. The van der Waals surface area contributed by atoms with E-state index in [9.17, 15) is 13.2 Å². The molecule has 1 aliphatic carbocycles. The Bertz CT molecular complexity index is 1480. The van der Waals surface area contributed by atoms with Crippen molar-refractivity contribution in [3.8, 4) is 11.3 Å². The molecule has 0 bridgehead atoms. The van der Waals surface area contributed by atoms with E-state index in [0.29, 0.717) is 30.0 Å². The molecule has 2 N–H and O–H groups in total. The highest BCUT2D eigenvalue weighted by Crippen LogP contribution is 2.34. The lowest BCUT2D eigenvalue weighted by Gasteiger charge is -2.18. The zero-order valence-electron chi connectivity index (χ0n) is 17.6. The van der Waals surface area contributed by atoms with Crippen molar-refractivity contribution in [2.45, 2.75) is 12.8 Å². The van der Waals surface area contributed by atoms with Crippen LogP contribution in [-0.2, 0) is 27.7 Å². The van der Waals surface area contributed by atoms with Crippen LogP contribution in [0.15, 0.2) is 54.9 Å². The minimum absolute atomic E-state index is 0.234. The predicted octanol–water partition coefficient (Wildman–Crippen LogP) is 3.43.